The Kier molecular flexibility index (Phi) is 5.63. The molecule has 0 radical (unpaired) electrons. The first-order valence-corrected chi connectivity index (χ1v) is 9.56. The number of amides is 1. The van der Waals surface area contributed by atoms with Crippen molar-refractivity contribution in [2.45, 2.75) is 57.5 Å². The molecule has 6 nitrogen and oxygen atoms in total. The van der Waals surface area contributed by atoms with Crippen LogP contribution in [0.3, 0.4) is 0 Å². The van der Waals surface area contributed by atoms with Crippen LogP contribution in [0.1, 0.15) is 45.1 Å². The molecular weight excluding hydrogens is 342 g/mol. The first-order chi connectivity index (χ1) is 12.9. The molecule has 0 spiro atoms. The van der Waals surface area contributed by atoms with E-state index in [1.165, 1.54) is 22.4 Å². The van der Waals surface area contributed by atoms with Crippen molar-refractivity contribution in [3.63, 3.8) is 0 Å². The molecule has 0 bridgehead atoms. The molecule has 3 rings (SSSR count). The van der Waals surface area contributed by atoms with E-state index >= 15 is 0 Å². The number of carbonyl (C=O) groups is 1. The molecular formula is C21H27N3O3. The lowest BCUT2D eigenvalue weighted by molar-refractivity contribution is -0.133. The summed E-state index contributed by atoms with van der Waals surface area (Å²) in [6.07, 6.45) is 4.64. The minimum absolute atomic E-state index is 0.0943. The van der Waals surface area contributed by atoms with Crippen LogP contribution < -0.4 is 11.2 Å². The van der Waals surface area contributed by atoms with Gasteiger partial charge in [0, 0.05) is 43.2 Å². The molecule has 1 N–H and O–H groups in total. The molecule has 27 heavy (non-hydrogen) atoms. The number of hydrogen-bond donors (Lipinski definition) is 1. The number of nitrogens with zero attached hydrogens (tertiary/aromatic N) is 2. The van der Waals surface area contributed by atoms with Crippen molar-refractivity contribution >= 4 is 5.91 Å². The quantitative estimate of drug-likeness (QED) is 0.776. The van der Waals surface area contributed by atoms with Crippen molar-refractivity contribution in [1.82, 2.24) is 14.5 Å². The summed E-state index contributed by atoms with van der Waals surface area (Å²) in [5, 5.41) is 0. The van der Waals surface area contributed by atoms with Crippen LogP contribution in [0.15, 0.2) is 52.2 Å². The summed E-state index contributed by atoms with van der Waals surface area (Å²) < 4.78 is 1.43. The Morgan fingerprint density at radius 1 is 1.19 bits per heavy atom. The minimum atomic E-state index is -0.434. The maximum absolute atomic E-state index is 12.8. The van der Waals surface area contributed by atoms with E-state index in [1.54, 1.807) is 0 Å². The molecule has 0 saturated heterocycles. The van der Waals surface area contributed by atoms with Gasteiger partial charge in [0.15, 0.2) is 0 Å². The minimum Gasteiger partial charge on any atom is -0.339 e. The zero-order chi connectivity index (χ0) is 19.4. The third-order valence-electron chi connectivity index (χ3n) is 5.34. The fourth-order valence-electron chi connectivity index (χ4n) is 3.53. The number of rotatable bonds is 8. The van der Waals surface area contributed by atoms with E-state index in [0.717, 1.165) is 19.4 Å². The number of aryl methyl sites for hydroxylation is 1. The highest BCUT2D eigenvalue weighted by molar-refractivity contribution is 5.76. The fourth-order valence-corrected chi connectivity index (χ4v) is 3.53. The SMILES string of the molecule is CC(C)N(CC1(c2ccccc2)CC1)C(=O)CCCn1ccc(=O)[nH]c1=O. The van der Waals surface area contributed by atoms with Gasteiger partial charge in [0.25, 0.3) is 5.56 Å². The zero-order valence-electron chi connectivity index (χ0n) is 16.0. The monoisotopic (exact) mass is 369 g/mol. The van der Waals surface area contributed by atoms with Crippen LogP contribution in [0.5, 0.6) is 0 Å². The Morgan fingerprint density at radius 3 is 2.48 bits per heavy atom. The van der Waals surface area contributed by atoms with E-state index in [2.05, 4.69) is 29.2 Å². The maximum Gasteiger partial charge on any atom is 0.328 e. The molecule has 1 aromatic carbocycles. The number of carbonyl (C=O) groups excluding carboxylic acids is 1. The van der Waals surface area contributed by atoms with Crippen LogP contribution in [-0.2, 0) is 16.8 Å². The highest BCUT2D eigenvalue weighted by Gasteiger charge is 2.46. The summed E-state index contributed by atoms with van der Waals surface area (Å²) >= 11 is 0. The first kappa shape index (κ1) is 19.1. The van der Waals surface area contributed by atoms with Crippen LogP contribution >= 0.6 is 0 Å². The standard InChI is InChI=1S/C21H27N3O3/c1-16(2)24(15-21(11-12-21)17-7-4-3-5-8-17)19(26)9-6-13-23-14-10-18(25)22-20(23)27/h3-5,7-8,10,14,16H,6,9,11-13,15H2,1-2H3,(H,22,25,27). The van der Waals surface area contributed by atoms with Crippen LogP contribution in [0, 0.1) is 0 Å². The molecule has 0 aliphatic heterocycles. The van der Waals surface area contributed by atoms with Crippen molar-refractivity contribution in [3.05, 3.63) is 69.0 Å². The van der Waals surface area contributed by atoms with Crippen molar-refractivity contribution < 1.29 is 4.79 Å². The lowest BCUT2D eigenvalue weighted by Crippen LogP contribution is -2.42. The summed E-state index contributed by atoms with van der Waals surface area (Å²) in [4.78, 5) is 39.9. The second-order valence-corrected chi connectivity index (χ2v) is 7.67. The molecule has 144 valence electrons. The molecule has 2 aromatic rings. The molecule has 0 unspecified atom stereocenters. The van der Waals surface area contributed by atoms with Crippen molar-refractivity contribution in [1.29, 1.82) is 0 Å². The molecule has 1 fully saturated rings. The Balaban J connectivity index is 1.61. The molecule has 6 heteroatoms. The average Bonchev–Trinajstić information content (AvgIpc) is 3.43. The van der Waals surface area contributed by atoms with Crippen molar-refractivity contribution in [3.8, 4) is 0 Å². The Hall–Kier alpha value is -2.63. The lowest BCUT2D eigenvalue weighted by atomic mass is 9.94. The van der Waals surface area contributed by atoms with Crippen LogP contribution in [0.2, 0.25) is 0 Å². The lowest BCUT2D eigenvalue weighted by Gasteiger charge is -2.31. The Labute approximate surface area is 158 Å². The van der Waals surface area contributed by atoms with Crippen molar-refractivity contribution in [2.24, 2.45) is 0 Å². The van der Waals surface area contributed by atoms with Crippen LogP contribution in [-0.4, -0.2) is 32.9 Å². The largest absolute Gasteiger partial charge is 0.339 e. The smallest absolute Gasteiger partial charge is 0.328 e. The second kappa shape index (κ2) is 7.94. The highest BCUT2D eigenvalue weighted by Crippen LogP contribution is 2.49. The van der Waals surface area contributed by atoms with Gasteiger partial charge >= 0.3 is 5.69 Å². The first-order valence-electron chi connectivity index (χ1n) is 9.56. The highest BCUT2D eigenvalue weighted by atomic mass is 16.2. The Morgan fingerprint density at radius 2 is 1.89 bits per heavy atom. The third-order valence-corrected chi connectivity index (χ3v) is 5.34. The van der Waals surface area contributed by atoms with Crippen LogP contribution in [0.25, 0.3) is 0 Å². The van der Waals surface area contributed by atoms with Gasteiger partial charge in [0.2, 0.25) is 5.91 Å². The normalized spacial score (nSPS) is 14.9. The van der Waals surface area contributed by atoms with E-state index < -0.39 is 11.2 Å². The predicted octanol–water partition coefficient (Wildman–Crippen LogP) is 2.29. The van der Waals surface area contributed by atoms with Gasteiger partial charge < -0.3 is 9.47 Å². The summed E-state index contributed by atoms with van der Waals surface area (Å²) in [5.74, 6) is 0.115. The van der Waals surface area contributed by atoms with E-state index in [9.17, 15) is 14.4 Å². The molecule has 1 heterocycles. The van der Waals surface area contributed by atoms with Gasteiger partial charge in [-0.25, -0.2) is 4.79 Å². The van der Waals surface area contributed by atoms with Gasteiger partial charge in [-0.05, 0) is 38.7 Å². The van der Waals surface area contributed by atoms with Gasteiger partial charge in [-0.1, -0.05) is 30.3 Å². The summed E-state index contributed by atoms with van der Waals surface area (Å²) in [6.45, 7) is 5.25. The number of aromatic amines is 1. The van der Waals surface area contributed by atoms with Gasteiger partial charge in [-0.15, -0.1) is 0 Å². The maximum atomic E-state index is 12.8. The molecule has 1 aliphatic rings. The summed E-state index contributed by atoms with van der Waals surface area (Å²) in [6, 6.07) is 11.9. The number of benzene rings is 1. The van der Waals surface area contributed by atoms with Gasteiger partial charge in [-0.3, -0.25) is 14.6 Å². The van der Waals surface area contributed by atoms with Gasteiger partial charge in [0.05, 0.1) is 0 Å². The summed E-state index contributed by atoms with van der Waals surface area (Å²) in [7, 11) is 0. The number of hydrogen-bond acceptors (Lipinski definition) is 3. The van der Waals surface area contributed by atoms with E-state index in [4.69, 9.17) is 0 Å². The zero-order valence-corrected chi connectivity index (χ0v) is 16.0. The second-order valence-electron chi connectivity index (χ2n) is 7.67. The molecule has 0 atom stereocenters. The third kappa shape index (κ3) is 4.56. The fraction of sp³-hybridized carbons (Fsp3) is 0.476. The Bertz CT molecular complexity index is 895. The number of nitrogens with one attached hydrogen (secondary N) is 1. The van der Waals surface area contributed by atoms with E-state index in [0.29, 0.717) is 19.4 Å². The molecule has 1 aliphatic carbocycles. The molecule has 1 amide bonds. The van der Waals surface area contributed by atoms with Gasteiger partial charge in [0.1, 0.15) is 0 Å². The van der Waals surface area contributed by atoms with Crippen LogP contribution in [0.4, 0.5) is 0 Å². The number of aromatic nitrogens is 2. The number of H-pyrrole nitrogens is 1. The van der Waals surface area contributed by atoms with Crippen molar-refractivity contribution in [2.75, 3.05) is 6.54 Å². The molecule has 1 saturated carbocycles. The summed E-state index contributed by atoms with van der Waals surface area (Å²) in [5.41, 5.74) is 0.561. The van der Waals surface area contributed by atoms with Gasteiger partial charge in [-0.2, -0.15) is 0 Å². The van der Waals surface area contributed by atoms with E-state index in [1.807, 2.05) is 24.8 Å². The topological polar surface area (TPSA) is 75.2 Å². The predicted molar refractivity (Wildman–Crippen MR) is 105 cm³/mol. The molecule has 1 aromatic heterocycles. The van der Waals surface area contributed by atoms with E-state index in [-0.39, 0.29) is 17.4 Å². The average molecular weight is 369 g/mol.